The number of ether oxygens (including phenoxy) is 2. The number of aromatic amines is 1. The minimum Gasteiger partial charge on any atom is -0.381 e. The zero-order valence-corrected chi connectivity index (χ0v) is 14.3. The third-order valence-corrected chi connectivity index (χ3v) is 6.78. The Labute approximate surface area is 137 Å². The van der Waals surface area contributed by atoms with E-state index in [1.54, 1.807) is 17.6 Å². The Balaban J connectivity index is 1.66. The summed E-state index contributed by atoms with van der Waals surface area (Å²) in [4.78, 5) is 0. The van der Waals surface area contributed by atoms with Crippen molar-refractivity contribution < 1.29 is 17.9 Å². The fourth-order valence-corrected chi connectivity index (χ4v) is 5.35. The summed E-state index contributed by atoms with van der Waals surface area (Å²) in [6.45, 7) is 2.38. The maximum Gasteiger partial charge on any atom is 0.216 e. The standard InChI is InChI=1S/C15H25N3O4S/c1-21-15(13-5-8-22-10-13)11-23(19,20)18-7-2-3-12(9-18)14-4-6-16-17-14/h4,6,12-13,15H,2-3,5,7-11H2,1H3,(H,16,17). The van der Waals surface area contributed by atoms with Gasteiger partial charge in [-0.25, -0.2) is 12.7 Å². The zero-order chi connectivity index (χ0) is 16.3. The molecule has 1 N–H and O–H groups in total. The van der Waals surface area contributed by atoms with Crippen molar-refractivity contribution in [3.63, 3.8) is 0 Å². The predicted molar refractivity (Wildman–Crippen MR) is 85.6 cm³/mol. The van der Waals surface area contributed by atoms with Crippen molar-refractivity contribution in [2.45, 2.75) is 31.3 Å². The van der Waals surface area contributed by atoms with Crippen LogP contribution in [0.15, 0.2) is 12.3 Å². The average molecular weight is 343 g/mol. The highest BCUT2D eigenvalue weighted by Gasteiger charge is 2.35. The molecule has 0 aromatic carbocycles. The maximum absolute atomic E-state index is 12.8. The van der Waals surface area contributed by atoms with Gasteiger partial charge in [0.05, 0.1) is 18.5 Å². The number of hydrogen-bond acceptors (Lipinski definition) is 5. The Morgan fingerprint density at radius 3 is 3.04 bits per heavy atom. The lowest BCUT2D eigenvalue weighted by Crippen LogP contribution is -2.44. The summed E-state index contributed by atoms with van der Waals surface area (Å²) in [6, 6.07) is 1.93. The second-order valence-corrected chi connectivity index (χ2v) is 8.40. The first kappa shape index (κ1) is 16.9. The molecule has 2 saturated heterocycles. The molecule has 0 aliphatic carbocycles. The third-order valence-electron chi connectivity index (χ3n) is 4.91. The fraction of sp³-hybridized carbons (Fsp3) is 0.800. The minimum atomic E-state index is -3.34. The second kappa shape index (κ2) is 7.29. The Kier molecular flexibility index (Phi) is 5.35. The molecule has 2 aliphatic rings. The van der Waals surface area contributed by atoms with Gasteiger partial charge in [-0.15, -0.1) is 0 Å². The topological polar surface area (TPSA) is 84.5 Å². The van der Waals surface area contributed by atoms with E-state index in [2.05, 4.69) is 10.2 Å². The van der Waals surface area contributed by atoms with Crippen LogP contribution in [0.1, 0.15) is 30.9 Å². The van der Waals surface area contributed by atoms with Crippen molar-refractivity contribution in [2.75, 3.05) is 39.2 Å². The highest BCUT2D eigenvalue weighted by molar-refractivity contribution is 7.89. The van der Waals surface area contributed by atoms with Gasteiger partial charge in [-0.2, -0.15) is 5.10 Å². The summed E-state index contributed by atoms with van der Waals surface area (Å²) in [5.41, 5.74) is 1.01. The summed E-state index contributed by atoms with van der Waals surface area (Å²) >= 11 is 0. The molecule has 1 aromatic heterocycles. The van der Waals surface area contributed by atoms with Gasteiger partial charge < -0.3 is 9.47 Å². The van der Waals surface area contributed by atoms with E-state index >= 15 is 0 Å². The number of hydrogen-bond donors (Lipinski definition) is 1. The average Bonchev–Trinajstić information content (AvgIpc) is 3.26. The van der Waals surface area contributed by atoms with Gasteiger partial charge in [0.25, 0.3) is 0 Å². The normalized spacial score (nSPS) is 28.0. The first-order valence-corrected chi connectivity index (χ1v) is 9.78. The molecule has 2 fully saturated rings. The molecule has 7 nitrogen and oxygen atoms in total. The van der Waals surface area contributed by atoms with E-state index in [9.17, 15) is 8.42 Å². The van der Waals surface area contributed by atoms with Crippen LogP contribution in [-0.4, -0.2) is 68.2 Å². The highest BCUT2D eigenvalue weighted by Crippen LogP contribution is 2.28. The van der Waals surface area contributed by atoms with Gasteiger partial charge in [-0.05, 0) is 25.3 Å². The zero-order valence-electron chi connectivity index (χ0n) is 13.5. The van der Waals surface area contributed by atoms with Crippen LogP contribution in [0.4, 0.5) is 0 Å². The van der Waals surface area contributed by atoms with E-state index in [1.807, 2.05) is 6.07 Å². The molecule has 23 heavy (non-hydrogen) atoms. The molecule has 3 heterocycles. The molecule has 0 spiro atoms. The van der Waals surface area contributed by atoms with Crippen LogP contribution >= 0.6 is 0 Å². The number of methoxy groups -OCH3 is 1. The van der Waals surface area contributed by atoms with E-state index < -0.39 is 10.0 Å². The third kappa shape index (κ3) is 3.93. The molecule has 3 atom stereocenters. The van der Waals surface area contributed by atoms with Crippen molar-refractivity contribution >= 4 is 10.0 Å². The van der Waals surface area contributed by atoms with Gasteiger partial charge in [0, 0.05) is 50.5 Å². The molecule has 3 unspecified atom stereocenters. The van der Waals surface area contributed by atoms with Crippen molar-refractivity contribution in [1.29, 1.82) is 0 Å². The predicted octanol–water partition coefficient (Wildman–Crippen LogP) is 0.970. The first-order chi connectivity index (χ1) is 11.1. The van der Waals surface area contributed by atoms with Gasteiger partial charge in [-0.1, -0.05) is 0 Å². The summed E-state index contributed by atoms with van der Waals surface area (Å²) in [5, 5.41) is 6.93. The lowest BCUT2D eigenvalue weighted by atomic mass is 9.96. The molecule has 2 aliphatic heterocycles. The number of rotatable bonds is 6. The van der Waals surface area contributed by atoms with Crippen molar-refractivity contribution in [2.24, 2.45) is 5.92 Å². The molecular formula is C15H25N3O4S. The van der Waals surface area contributed by atoms with E-state index in [4.69, 9.17) is 9.47 Å². The van der Waals surface area contributed by atoms with E-state index in [0.717, 1.165) is 25.0 Å². The molecular weight excluding hydrogens is 318 g/mol. The number of nitrogens with zero attached hydrogens (tertiary/aromatic N) is 2. The van der Waals surface area contributed by atoms with Gasteiger partial charge in [0.15, 0.2) is 0 Å². The lowest BCUT2D eigenvalue weighted by molar-refractivity contribution is 0.0601. The summed E-state index contributed by atoms with van der Waals surface area (Å²) in [6.07, 6.45) is 4.13. The Morgan fingerprint density at radius 1 is 1.52 bits per heavy atom. The fourth-order valence-electron chi connectivity index (χ4n) is 3.50. The van der Waals surface area contributed by atoms with Crippen molar-refractivity contribution in [3.8, 4) is 0 Å². The lowest BCUT2D eigenvalue weighted by Gasteiger charge is -2.33. The molecule has 130 valence electrons. The first-order valence-electron chi connectivity index (χ1n) is 8.18. The summed E-state index contributed by atoms with van der Waals surface area (Å²) in [5.74, 6) is 0.396. The minimum absolute atomic E-state index is 0.0349. The van der Waals surface area contributed by atoms with Crippen LogP contribution in [0.2, 0.25) is 0 Å². The van der Waals surface area contributed by atoms with Gasteiger partial charge in [0.1, 0.15) is 0 Å². The molecule has 3 rings (SSSR count). The molecule has 0 amide bonds. The van der Waals surface area contributed by atoms with Crippen LogP contribution in [-0.2, 0) is 19.5 Å². The number of H-pyrrole nitrogens is 1. The second-order valence-electron chi connectivity index (χ2n) is 6.39. The summed E-state index contributed by atoms with van der Waals surface area (Å²) < 4.78 is 38.1. The Hall–Kier alpha value is -0.960. The maximum atomic E-state index is 12.8. The SMILES string of the molecule is COC(CS(=O)(=O)N1CCCC(c2ccn[nH]2)C1)C1CCOC1. The smallest absolute Gasteiger partial charge is 0.216 e. The van der Waals surface area contributed by atoms with Crippen molar-refractivity contribution in [3.05, 3.63) is 18.0 Å². The van der Waals surface area contributed by atoms with Crippen LogP contribution in [0, 0.1) is 5.92 Å². The number of aromatic nitrogens is 2. The van der Waals surface area contributed by atoms with Crippen LogP contribution in [0.5, 0.6) is 0 Å². The van der Waals surface area contributed by atoms with E-state index in [-0.39, 0.29) is 23.7 Å². The Bertz CT molecular complexity index is 584. The van der Waals surface area contributed by atoms with Gasteiger partial charge in [-0.3, -0.25) is 5.10 Å². The quantitative estimate of drug-likeness (QED) is 0.832. The van der Waals surface area contributed by atoms with E-state index in [1.165, 1.54) is 0 Å². The van der Waals surface area contributed by atoms with Gasteiger partial charge in [0.2, 0.25) is 10.0 Å². The van der Waals surface area contributed by atoms with E-state index in [0.29, 0.717) is 26.3 Å². The molecule has 8 heteroatoms. The molecule has 0 bridgehead atoms. The molecule has 0 radical (unpaired) electrons. The Morgan fingerprint density at radius 2 is 2.39 bits per heavy atom. The van der Waals surface area contributed by atoms with Crippen LogP contribution in [0.25, 0.3) is 0 Å². The van der Waals surface area contributed by atoms with Crippen LogP contribution in [0.3, 0.4) is 0 Å². The number of piperidine rings is 1. The number of sulfonamides is 1. The monoisotopic (exact) mass is 343 g/mol. The largest absolute Gasteiger partial charge is 0.381 e. The molecule has 0 saturated carbocycles. The highest BCUT2D eigenvalue weighted by atomic mass is 32.2. The van der Waals surface area contributed by atoms with Crippen molar-refractivity contribution in [1.82, 2.24) is 14.5 Å². The van der Waals surface area contributed by atoms with Crippen LogP contribution < -0.4 is 0 Å². The number of nitrogens with one attached hydrogen (secondary N) is 1. The van der Waals surface area contributed by atoms with Gasteiger partial charge >= 0.3 is 0 Å². The summed E-state index contributed by atoms with van der Waals surface area (Å²) in [7, 11) is -1.75. The molecule has 1 aromatic rings.